The number of rotatable bonds is 6. The Kier molecular flexibility index (Phi) is 7.15. The third-order valence-corrected chi connectivity index (χ3v) is 4.89. The van der Waals surface area contributed by atoms with E-state index < -0.39 is 0 Å². The van der Waals surface area contributed by atoms with E-state index in [-0.39, 0.29) is 0 Å². The van der Waals surface area contributed by atoms with Crippen LogP contribution < -0.4 is 20.2 Å². The normalized spacial score (nSPS) is 10.8. The summed E-state index contributed by atoms with van der Waals surface area (Å²) in [6.45, 7) is 1.84. The molecule has 0 aliphatic carbocycles. The number of hydrogen-bond donors (Lipinski definition) is 2. The van der Waals surface area contributed by atoms with Crippen LogP contribution in [0.4, 0.5) is 5.69 Å². The van der Waals surface area contributed by atoms with Gasteiger partial charge in [-0.1, -0.05) is 29.3 Å². The number of nitrogens with zero attached hydrogens (tertiary/aromatic N) is 3. The number of halogens is 2. The number of benzene rings is 2. The van der Waals surface area contributed by atoms with Crippen molar-refractivity contribution in [2.45, 2.75) is 6.92 Å². The Balaban J connectivity index is 1.69. The minimum atomic E-state index is 0.300. The predicted octanol–water partition coefficient (Wildman–Crippen LogP) is 4.83. The number of thiocarbonyl (C=S) groups is 1. The van der Waals surface area contributed by atoms with E-state index in [1.807, 2.05) is 25.1 Å². The van der Waals surface area contributed by atoms with Crippen molar-refractivity contribution in [2.24, 2.45) is 5.10 Å². The first kappa shape index (κ1) is 21.9. The van der Waals surface area contributed by atoms with Crippen molar-refractivity contribution in [1.29, 1.82) is 0 Å². The van der Waals surface area contributed by atoms with Gasteiger partial charge in [-0.2, -0.15) is 10.2 Å². The maximum absolute atomic E-state index is 6.49. The molecule has 0 unspecified atom stereocenters. The first-order chi connectivity index (χ1) is 14.4. The summed E-state index contributed by atoms with van der Waals surface area (Å²) in [5, 5.41) is 13.0. The summed E-state index contributed by atoms with van der Waals surface area (Å²) in [7, 11) is 3.14. The Morgan fingerprint density at radius 3 is 2.60 bits per heavy atom. The zero-order valence-corrected chi connectivity index (χ0v) is 18.8. The maximum atomic E-state index is 6.49. The first-order valence-electron chi connectivity index (χ1n) is 8.76. The Morgan fingerprint density at radius 1 is 1.13 bits per heavy atom. The highest BCUT2D eigenvalue weighted by Gasteiger charge is 2.13. The van der Waals surface area contributed by atoms with E-state index >= 15 is 0 Å². The van der Waals surface area contributed by atoms with Crippen LogP contribution in [0.25, 0.3) is 5.69 Å². The van der Waals surface area contributed by atoms with Gasteiger partial charge in [0, 0.05) is 16.8 Å². The Bertz CT molecular complexity index is 1100. The van der Waals surface area contributed by atoms with E-state index in [2.05, 4.69) is 20.9 Å². The summed E-state index contributed by atoms with van der Waals surface area (Å²) in [4.78, 5) is 0. The smallest absolute Gasteiger partial charge is 0.191 e. The lowest BCUT2D eigenvalue weighted by Crippen LogP contribution is -2.23. The molecular formula is C20H19Cl2N5O2S. The van der Waals surface area contributed by atoms with Gasteiger partial charge in [0.2, 0.25) is 0 Å². The fraction of sp³-hybridized carbons (Fsp3) is 0.150. The Labute approximate surface area is 189 Å². The average molecular weight is 464 g/mol. The van der Waals surface area contributed by atoms with Gasteiger partial charge in [-0.3, -0.25) is 5.43 Å². The third kappa shape index (κ3) is 5.02. The molecular weight excluding hydrogens is 445 g/mol. The van der Waals surface area contributed by atoms with E-state index in [1.165, 1.54) is 0 Å². The molecule has 30 heavy (non-hydrogen) atoms. The fourth-order valence-corrected chi connectivity index (χ4v) is 3.34. The van der Waals surface area contributed by atoms with Gasteiger partial charge in [0.1, 0.15) is 5.15 Å². The molecule has 2 aromatic carbocycles. The van der Waals surface area contributed by atoms with Gasteiger partial charge in [-0.05, 0) is 49.5 Å². The second-order valence-electron chi connectivity index (χ2n) is 6.08. The molecule has 1 aromatic heterocycles. The van der Waals surface area contributed by atoms with Crippen LogP contribution in [0.3, 0.4) is 0 Å². The van der Waals surface area contributed by atoms with Gasteiger partial charge >= 0.3 is 0 Å². The van der Waals surface area contributed by atoms with Gasteiger partial charge in [0.25, 0.3) is 0 Å². The number of hydrogen-bond acceptors (Lipinski definition) is 5. The number of methoxy groups -OCH3 is 2. The summed E-state index contributed by atoms with van der Waals surface area (Å²) in [6.07, 6.45) is 1.56. The number of aromatic nitrogens is 2. The second-order valence-corrected chi connectivity index (χ2v) is 7.28. The van der Waals surface area contributed by atoms with Gasteiger partial charge in [0.15, 0.2) is 16.6 Å². The van der Waals surface area contributed by atoms with Crippen LogP contribution in [0.5, 0.6) is 11.5 Å². The molecule has 0 aliphatic heterocycles. The Hall–Kier alpha value is -2.81. The van der Waals surface area contributed by atoms with Crippen LogP contribution in [0.2, 0.25) is 10.2 Å². The predicted molar refractivity (Wildman–Crippen MR) is 125 cm³/mol. The lowest BCUT2D eigenvalue weighted by atomic mass is 10.3. The highest BCUT2D eigenvalue weighted by atomic mass is 35.5. The molecule has 0 bridgehead atoms. The minimum absolute atomic E-state index is 0.300. The zero-order valence-electron chi connectivity index (χ0n) is 16.4. The molecule has 0 amide bonds. The molecule has 0 atom stereocenters. The molecule has 7 nitrogen and oxygen atoms in total. The molecule has 156 valence electrons. The second kappa shape index (κ2) is 9.80. The van der Waals surface area contributed by atoms with E-state index in [0.29, 0.717) is 38.0 Å². The SMILES string of the molecule is COc1ccc(NC(=S)NN=Cc2c(C)nn(-c3cccc(Cl)c3)c2Cl)cc1OC. The molecule has 0 aliphatic rings. The van der Waals surface area contributed by atoms with E-state index in [4.69, 9.17) is 44.9 Å². The molecule has 2 N–H and O–H groups in total. The van der Waals surface area contributed by atoms with Crippen LogP contribution in [-0.2, 0) is 0 Å². The average Bonchev–Trinajstić information content (AvgIpc) is 3.02. The zero-order chi connectivity index (χ0) is 21.7. The minimum Gasteiger partial charge on any atom is -0.493 e. The van der Waals surface area contributed by atoms with Crippen LogP contribution in [0.1, 0.15) is 11.3 Å². The van der Waals surface area contributed by atoms with Crippen molar-refractivity contribution in [2.75, 3.05) is 19.5 Å². The van der Waals surface area contributed by atoms with E-state index in [9.17, 15) is 0 Å². The largest absolute Gasteiger partial charge is 0.493 e. The summed E-state index contributed by atoms with van der Waals surface area (Å²) >= 11 is 17.8. The van der Waals surface area contributed by atoms with Gasteiger partial charge in [0.05, 0.1) is 37.4 Å². The third-order valence-electron chi connectivity index (χ3n) is 4.10. The number of hydrazone groups is 1. The number of aryl methyl sites for hydroxylation is 1. The van der Waals surface area contributed by atoms with Crippen LogP contribution in [0.15, 0.2) is 47.6 Å². The highest BCUT2D eigenvalue weighted by molar-refractivity contribution is 7.80. The summed E-state index contributed by atoms with van der Waals surface area (Å²) in [6, 6.07) is 12.6. The summed E-state index contributed by atoms with van der Waals surface area (Å²) in [5.74, 6) is 1.21. The Morgan fingerprint density at radius 2 is 1.90 bits per heavy atom. The monoisotopic (exact) mass is 463 g/mol. The molecule has 0 fully saturated rings. The summed E-state index contributed by atoms with van der Waals surface area (Å²) < 4.78 is 12.1. The quantitative estimate of drug-likeness (QED) is 0.310. The lowest BCUT2D eigenvalue weighted by Gasteiger charge is -2.11. The van der Waals surface area contributed by atoms with E-state index in [0.717, 1.165) is 11.4 Å². The van der Waals surface area contributed by atoms with Crippen LogP contribution in [0, 0.1) is 6.92 Å². The molecule has 0 saturated heterocycles. The van der Waals surface area contributed by atoms with Crippen molar-refractivity contribution < 1.29 is 9.47 Å². The van der Waals surface area contributed by atoms with Crippen LogP contribution in [-0.4, -0.2) is 35.3 Å². The van der Waals surface area contributed by atoms with Crippen molar-refractivity contribution in [1.82, 2.24) is 15.2 Å². The lowest BCUT2D eigenvalue weighted by molar-refractivity contribution is 0.355. The number of nitrogens with one attached hydrogen (secondary N) is 2. The van der Waals surface area contributed by atoms with Gasteiger partial charge < -0.3 is 14.8 Å². The molecule has 3 rings (SSSR count). The molecule has 0 saturated carbocycles. The fourth-order valence-electron chi connectivity index (χ4n) is 2.67. The number of anilines is 1. The van der Waals surface area contributed by atoms with Crippen molar-refractivity contribution in [3.05, 3.63) is 63.9 Å². The van der Waals surface area contributed by atoms with E-state index in [1.54, 1.807) is 49.4 Å². The molecule has 0 spiro atoms. The maximum Gasteiger partial charge on any atom is 0.191 e. The van der Waals surface area contributed by atoms with Crippen molar-refractivity contribution in [3.8, 4) is 17.2 Å². The standard InChI is InChI=1S/C20H19Cl2N5O2S/c1-12-16(19(22)27(26-12)15-6-4-5-13(21)9-15)11-23-25-20(30)24-14-7-8-17(28-2)18(10-14)29-3/h4-11H,1-3H3,(H2,24,25,30). The van der Waals surface area contributed by atoms with Crippen molar-refractivity contribution in [3.63, 3.8) is 0 Å². The first-order valence-corrected chi connectivity index (χ1v) is 9.92. The highest BCUT2D eigenvalue weighted by Crippen LogP contribution is 2.29. The summed E-state index contributed by atoms with van der Waals surface area (Å²) in [5.41, 5.74) is 5.62. The van der Waals surface area contributed by atoms with Crippen LogP contribution >= 0.6 is 35.4 Å². The molecule has 0 radical (unpaired) electrons. The van der Waals surface area contributed by atoms with Crippen molar-refractivity contribution >= 4 is 52.4 Å². The van der Waals surface area contributed by atoms with Gasteiger partial charge in [-0.15, -0.1) is 0 Å². The number of ether oxygens (including phenoxy) is 2. The molecule has 3 aromatic rings. The molecule has 1 heterocycles. The van der Waals surface area contributed by atoms with Gasteiger partial charge in [-0.25, -0.2) is 4.68 Å². The molecule has 10 heteroatoms. The topological polar surface area (TPSA) is 72.7 Å².